The second-order valence-corrected chi connectivity index (χ2v) is 3.25. The number of carbonyl (C=O) groups is 1. The highest BCUT2D eigenvalue weighted by Crippen LogP contribution is 2.30. The molecule has 0 fully saturated rings. The van der Waals surface area contributed by atoms with E-state index in [0.29, 0.717) is 6.42 Å². The Morgan fingerprint density at radius 1 is 1.43 bits per heavy atom. The zero-order valence-corrected chi connectivity index (χ0v) is 8.69. The maximum Gasteiger partial charge on any atom is 0.122 e. The molecule has 0 spiro atoms. The minimum Gasteiger partial charge on any atom is -0.496 e. The summed E-state index contributed by atoms with van der Waals surface area (Å²) in [6.45, 7) is 2.08. The molecule has 2 nitrogen and oxygen atoms in total. The molecule has 0 aromatic heterocycles. The molecule has 1 atom stereocenters. The fourth-order valence-electron chi connectivity index (χ4n) is 1.63. The van der Waals surface area contributed by atoms with Gasteiger partial charge in [0.1, 0.15) is 12.0 Å². The molecule has 0 N–H and O–H groups in total. The Hall–Kier alpha value is -1.31. The smallest absolute Gasteiger partial charge is 0.122 e. The highest BCUT2D eigenvalue weighted by molar-refractivity contribution is 5.52. The molecule has 1 aromatic carbocycles. The molecule has 0 aliphatic rings. The molecule has 0 heterocycles. The summed E-state index contributed by atoms with van der Waals surface area (Å²) in [5.41, 5.74) is 1.13. The van der Waals surface area contributed by atoms with Crippen LogP contribution in [-0.4, -0.2) is 13.4 Å². The molecule has 0 aliphatic heterocycles. The van der Waals surface area contributed by atoms with Gasteiger partial charge in [0, 0.05) is 6.42 Å². The zero-order valence-electron chi connectivity index (χ0n) is 8.69. The first-order chi connectivity index (χ1) is 6.83. The minimum absolute atomic E-state index is 0.281. The highest BCUT2D eigenvalue weighted by atomic mass is 16.5. The molecule has 0 bridgehead atoms. The van der Waals surface area contributed by atoms with E-state index >= 15 is 0 Å². The van der Waals surface area contributed by atoms with Gasteiger partial charge in [0.15, 0.2) is 0 Å². The van der Waals surface area contributed by atoms with Crippen LogP contribution in [0.1, 0.15) is 31.2 Å². The normalized spacial score (nSPS) is 12.1. The maximum atomic E-state index is 10.5. The summed E-state index contributed by atoms with van der Waals surface area (Å²) >= 11 is 0. The van der Waals surface area contributed by atoms with Gasteiger partial charge in [-0.1, -0.05) is 25.1 Å². The summed E-state index contributed by atoms with van der Waals surface area (Å²) in [6.07, 6.45) is 2.50. The minimum atomic E-state index is 0.281. The third-order valence-electron chi connectivity index (χ3n) is 2.45. The predicted octanol–water partition coefficient (Wildman–Crippen LogP) is 2.78. The lowest BCUT2D eigenvalue weighted by atomic mass is 9.93. The number of benzene rings is 1. The van der Waals surface area contributed by atoms with Crippen molar-refractivity contribution in [1.82, 2.24) is 0 Å². The van der Waals surface area contributed by atoms with E-state index in [1.807, 2.05) is 24.3 Å². The van der Waals surface area contributed by atoms with Gasteiger partial charge in [-0.25, -0.2) is 0 Å². The lowest BCUT2D eigenvalue weighted by Crippen LogP contribution is -2.00. The summed E-state index contributed by atoms with van der Waals surface area (Å²) in [5.74, 6) is 1.16. The van der Waals surface area contributed by atoms with Crippen LogP contribution in [0, 0.1) is 0 Å². The molecule has 14 heavy (non-hydrogen) atoms. The van der Waals surface area contributed by atoms with Gasteiger partial charge in [-0.15, -0.1) is 0 Å². The average Bonchev–Trinajstić information content (AvgIpc) is 2.26. The second-order valence-electron chi connectivity index (χ2n) is 3.25. The number of methoxy groups -OCH3 is 1. The van der Waals surface area contributed by atoms with Gasteiger partial charge in [-0.05, 0) is 24.0 Å². The van der Waals surface area contributed by atoms with E-state index in [4.69, 9.17) is 4.74 Å². The maximum absolute atomic E-state index is 10.5. The number of hydrogen-bond acceptors (Lipinski definition) is 2. The van der Waals surface area contributed by atoms with Gasteiger partial charge in [-0.2, -0.15) is 0 Å². The van der Waals surface area contributed by atoms with Gasteiger partial charge in [0.25, 0.3) is 0 Å². The van der Waals surface area contributed by atoms with E-state index < -0.39 is 0 Å². The summed E-state index contributed by atoms with van der Waals surface area (Å²) in [5, 5.41) is 0. The van der Waals surface area contributed by atoms with Crippen molar-refractivity contribution in [2.45, 2.75) is 25.7 Å². The van der Waals surface area contributed by atoms with Crippen molar-refractivity contribution in [1.29, 1.82) is 0 Å². The van der Waals surface area contributed by atoms with Crippen LogP contribution in [0.5, 0.6) is 5.75 Å². The third-order valence-corrected chi connectivity index (χ3v) is 2.45. The van der Waals surface area contributed by atoms with Crippen LogP contribution in [0.4, 0.5) is 0 Å². The Balaban J connectivity index is 2.95. The molecule has 0 unspecified atom stereocenters. The molecule has 0 radical (unpaired) electrons. The van der Waals surface area contributed by atoms with Crippen molar-refractivity contribution < 1.29 is 9.53 Å². The molecule has 0 saturated heterocycles. The first-order valence-electron chi connectivity index (χ1n) is 4.90. The second kappa shape index (κ2) is 5.43. The first kappa shape index (κ1) is 10.8. The topological polar surface area (TPSA) is 26.3 Å². The van der Waals surface area contributed by atoms with Crippen LogP contribution >= 0.6 is 0 Å². The first-order valence-corrected chi connectivity index (χ1v) is 4.90. The van der Waals surface area contributed by atoms with Gasteiger partial charge < -0.3 is 9.53 Å². The van der Waals surface area contributed by atoms with Crippen LogP contribution < -0.4 is 4.74 Å². The van der Waals surface area contributed by atoms with Crippen molar-refractivity contribution in [2.75, 3.05) is 7.11 Å². The molecule has 2 heteroatoms. The van der Waals surface area contributed by atoms with E-state index in [1.165, 1.54) is 0 Å². The van der Waals surface area contributed by atoms with Crippen molar-refractivity contribution in [3.8, 4) is 5.75 Å². The molecular weight excluding hydrogens is 176 g/mol. The SMILES string of the molecule is CC[C@H](CC=O)c1ccccc1OC. The van der Waals surface area contributed by atoms with Crippen LogP contribution in [-0.2, 0) is 4.79 Å². The molecule has 0 saturated carbocycles. The largest absolute Gasteiger partial charge is 0.496 e. The Morgan fingerprint density at radius 2 is 2.14 bits per heavy atom. The molecule has 0 amide bonds. The van der Waals surface area contributed by atoms with Gasteiger partial charge >= 0.3 is 0 Å². The standard InChI is InChI=1S/C12H16O2/c1-3-10(8-9-13)11-6-4-5-7-12(11)14-2/h4-7,9-10H,3,8H2,1-2H3/t10-/m1/s1. The van der Waals surface area contributed by atoms with Crippen LogP contribution in [0.2, 0.25) is 0 Å². The average molecular weight is 192 g/mol. The van der Waals surface area contributed by atoms with Crippen molar-refractivity contribution in [3.63, 3.8) is 0 Å². The molecule has 1 aromatic rings. The zero-order chi connectivity index (χ0) is 10.4. The molecular formula is C12H16O2. The predicted molar refractivity (Wildman–Crippen MR) is 56.7 cm³/mol. The number of hydrogen-bond donors (Lipinski definition) is 0. The number of aldehydes is 1. The summed E-state index contributed by atoms with van der Waals surface area (Å²) in [4.78, 5) is 10.5. The van der Waals surface area contributed by atoms with Crippen molar-refractivity contribution in [2.24, 2.45) is 0 Å². The monoisotopic (exact) mass is 192 g/mol. The van der Waals surface area contributed by atoms with Crippen molar-refractivity contribution >= 4 is 6.29 Å². The number of para-hydroxylation sites is 1. The van der Waals surface area contributed by atoms with Crippen LogP contribution in [0.3, 0.4) is 0 Å². The third kappa shape index (κ3) is 2.34. The molecule has 0 aliphatic carbocycles. The Bertz CT molecular complexity index is 294. The lowest BCUT2D eigenvalue weighted by Gasteiger charge is -2.15. The Kier molecular flexibility index (Phi) is 4.17. The van der Waals surface area contributed by atoms with E-state index in [9.17, 15) is 4.79 Å². The van der Waals surface area contributed by atoms with Crippen LogP contribution in [0.25, 0.3) is 0 Å². The number of ether oxygens (including phenoxy) is 1. The van der Waals surface area contributed by atoms with E-state index in [2.05, 4.69) is 6.92 Å². The summed E-state index contributed by atoms with van der Waals surface area (Å²) in [6, 6.07) is 7.88. The lowest BCUT2D eigenvalue weighted by molar-refractivity contribution is -0.108. The quantitative estimate of drug-likeness (QED) is 0.670. The summed E-state index contributed by atoms with van der Waals surface area (Å²) in [7, 11) is 1.66. The van der Waals surface area contributed by atoms with E-state index in [-0.39, 0.29) is 5.92 Å². The highest BCUT2D eigenvalue weighted by Gasteiger charge is 2.12. The number of carbonyl (C=O) groups excluding carboxylic acids is 1. The van der Waals surface area contributed by atoms with Crippen LogP contribution in [0.15, 0.2) is 24.3 Å². The Labute approximate surface area is 84.9 Å². The fourth-order valence-corrected chi connectivity index (χ4v) is 1.63. The molecule has 76 valence electrons. The fraction of sp³-hybridized carbons (Fsp3) is 0.417. The Morgan fingerprint density at radius 3 is 2.71 bits per heavy atom. The summed E-state index contributed by atoms with van der Waals surface area (Å²) < 4.78 is 5.26. The molecule has 1 rings (SSSR count). The van der Waals surface area contributed by atoms with Gasteiger partial charge in [0.2, 0.25) is 0 Å². The van der Waals surface area contributed by atoms with E-state index in [1.54, 1.807) is 7.11 Å². The van der Waals surface area contributed by atoms with E-state index in [0.717, 1.165) is 24.0 Å². The van der Waals surface area contributed by atoms with Crippen molar-refractivity contribution in [3.05, 3.63) is 29.8 Å². The van der Waals surface area contributed by atoms with Gasteiger partial charge in [-0.3, -0.25) is 0 Å². The number of rotatable bonds is 5. The van der Waals surface area contributed by atoms with Gasteiger partial charge in [0.05, 0.1) is 7.11 Å².